The van der Waals surface area contributed by atoms with Crippen LogP contribution in [0.25, 0.3) is 0 Å². The molecular formula is C15H31N3O. The Morgan fingerprint density at radius 1 is 1.26 bits per heavy atom. The van der Waals surface area contributed by atoms with Crippen molar-refractivity contribution in [3.8, 4) is 0 Å². The first-order valence-corrected chi connectivity index (χ1v) is 7.71. The largest absolute Gasteiger partial charge is 0.355 e. The van der Waals surface area contributed by atoms with Crippen molar-refractivity contribution in [2.24, 2.45) is 11.8 Å². The lowest BCUT2D eigenvalue weighted by atomic mass is 9.96. The van der Waals surface area contributed by atoms with Crippen LogP contribution in [0.5, 0.6) is 0 Å². The van der Waals surface area contributed by atoms with Gasteiger partial charge in [-0.1, -0.05) is 13.8 Å². The molecule has 0 spiro atoms. The van der Waals surface area contributed by atoms with Crippen molar-refractivity contribution in [3.05, 3.63) is 0 Å². The van der Waals surface area contributed by atoms with Crippen LogP contribution in [0.2, 0.25) is 0 Å². The molecule has 4 nitrogen and oxygen atoms in total. The predicted molar refractivity (Wildman–Crippen MR) is 80.2 cm³/mol. The summed E-state index contributed by atoms with van der Waals surface area (Å²) < 4.78 is 0. The lowest BCUT2D eigenvalue weighted by Gasteiger charge is -2.35. The molecule has 1 saturated heterocycles. The molecule has 2 N–H and O–H groups in total. The molecule has 112 valence electrons. The minimum absolute atomic E-state index is 0.0164. The van der Waals surface area contributed by atoms with E-state index in [4.69, 9.17) is 0 Å². The van der Waals surface area contributed by atoms with Crippen LogP contribution in [0.4, 0.5) is 0 Å². The highest BCUT2D eigenvalue weighted by Crippen LogP contribution is 2.18. The maximum atomic E-state index is 12.1. The molecule has 0 aliphatic carbocycles. The van der Waals surface area contributed by atoms with Crippen molar-refractivity contribution in [3.63, 3.8) is 0 Å². The van der Waals surface area contributed by atoms with Crippen molar-refractivity contribution in [2.75, 3.05) is 33.2 Å². The Hall–Kier alpha value is -0.610. The van der Waals surface area contributed by atoms with E-state index in [0.717, 1.165) is 38.5 Å². The Balaban J connectivity index is 2.25. The Morgan fingerprint density at radius 3 is 2.42 bits per heavy atom. The summed E-state index contributed by atoms with van der Waals surface area (Å²) in [5.41, 5.74) is 0. The lowest BCUT2D eigenvalue weighted by molar-refractivity contribution is -0.126. The van der Waals surface area contributed by atoms with Gasteiger partial charge < -0.3 is 10.6 Å². The first kappa shape index (κ1) is 16.4. The maximum Gasteiger partial charge on any atom is 0.237 e. The first-order chi connectivity index (χ1) is 9.04. The van der Waals surface area contributed by atoms with Gasteiger partial charge in [-0.2, -0.15) is 0 Å². The van der Waals surface area contributed by atoms with Gasteiger partial charge in [-0.05, 0) is 64.7 Å². The van der Waals surface area contributed by atoms with E-state index >= 15 is 0 Å². The molecule has 0 aromatic heterocycles. The number of likely N-dealkylation sites (tertiary alicyclic amines) is 1. The monoisotopic (exact) mass is 269 g/mol. The van der Waals surface area contributed by atoms with Crippen LogP contribution in [-0.4, -0.2) is 50.1 Å². The van der Waals surface area contributed by atoms with Gasteiger partial charge >= 0.3 is 0 Å². The van der Waals surface area contributed by atoms with E-state index in [2.05, 4.69) is 29.4 Å². The zero-order valence-electron chi connectivity index (χ0n) is 13.0. The van der Waals surface area contributed by atoms with Gasteiger partial charge in [0.2, 0.25) is 5.91 Å². The highest BCUT2D eigenvalue weighted by molar-refractivity contribution is 5.81. The number of amides is 1. The molecule has 4 heteroatoms. The fourth-order valence-corrected chi connectivity index (χ4v) is 2.63. The standard InChI is InChI=1S/C15H31N3O/c1-12(2)5-8-17-15(19)13(3)18-9-6-14(7-10-18)11-16-4/h12-14,16H,5-11H2,1-4H3,(H,17,19). The summed E-state index contributed by atoms with van der Waals surface area (Å²) in [5.74, 6) is 1.61. The maximum absolute atomic E-state index is 12.1. The van der Waals surface area contributed by atoms with Crippen LogP contribution in [-0.2, 0) is 4.79 Å². The van der Waals surface area contributed by atoms with E-state index in [-0.39, 0.29) is 11.9 Å². The van der Waals surface area contributed by atoms with Crippen LogP contribution < -0.4 is 10.6 Å². The van der Waals surface area contributed by atoms with E-state index < -0.39 is 0 Å². The molecule has 1 rings (SSSR count). The quantitative estimate of drug-likeness (QED) is 0.735. The molecule has 1 fully saturated rings. The zero-order valence-corrected chi connectivity index (χ0v) is 13.0. The summed E-state index contributed by atoms with van der Waals surface area (Å²) in [7, 11) is 2.01. The van der Waals surface area contributed by atoms with Crippen LogP contribution >= 0.6 is 0 Å². The summed E-state index contributed by atoms with van der Waals surface area (Å²) in [4.78, 5) is 14.4. The van der Waals surface area contributed by atoms with Gasteiger partial charge in [0.05, 0.1) is 6.04 Å². The molecule has 19 heavy (non-hydrogen) atoms. The Morgan fingerprint density at radius 2 is 1.89 bits per heavy atom. The molecule has 0 saturated carbocycles. The molecule has 0 radical (unpaired) electrons. The third kappa shape index (κ3) is 5.91. The second kappa shape index (κ2) is 8.54. The average molecular weight is 269 g/mol. The normalized spacial score (nSPS) is 19.6. The fourth-order valence-electron chi connectivity index (χ4n) is 2.63. The summed E-state index contributed by atoms with van der Waals surface area (Å²) in [6, 6.07) is 0.0164. The Kier molecular flexibility index (Phi) is 7.39. The van der Waals surface area contributed by atoms with Gasteiger partial charge in [0.15, 0.2) is 0 Å². The molecule has 0 bridgehead atoms. The smallest absolute Gasteiger partial charge is 0.237 e. The number of piperidine rings is 1. The number of carbonyl (C=O) groups is 1. The molecule has 0 aromatic rings. The number of hydrogen-bond acceptors (Lipinski definition) is 3. The van der Waals surface area contributed by atoms with Crippen LogP contribution in [0.3, 0.4) is 0 Å². The molecule has 1 atom stereocenters. The predicted octanol–water partition coefficient (Wildman–Crippen LogP) is 1.47. The van der Waals surface area contributed by atoms with Crippen molar-refractivity contribution in [1.82, 2.24) is 15.5 Å². The molecular weight excluding hydrogens is 238 g/mol. The number of nitrogens with one attached hydrogen (secondary N) is 2. The topological polar surface area (TPSA) is 44.4 Å². The number of hydrogen-bond donors (Lipinski definition) is 2. The minimum Gasteiger partial charge on any atom is -0.355 e. The van der Waals surface area contributed by atoms with Gasteiger partial charge in [0.1, 0.15) is 0 Å². The second-order valence-corrected chi connectivity index (χ2v) is 6.19. The summed E-state index contributed by atoms with van der Waals surface area (Å²) >= 11 is 0. The third-order valence-electron chi connectivity index (χ3n) is 4.09. The van der Waals surface area contributed by atoms with Crippen LogP contribution in [0, 0.1) is 11.8 Å². The Labute approximate surface area is 118 Å². The molecule has 1 unspecified atom stereocenters. The number of nitrogens with zero attached hydrogens (tertiary/aromatic N) is 1. The van der Waals surface area contributed by atoms with Gasteiger partial charge in [-0.25, -0.2) is 0 Å². The fraction of sp³-hybridized carbons (Fsp3) is 0.933. The summed E-state index contributed by atoms with van der Waals surface area (Å²) in [6.45, 7) is 10.4. The van der Waals surface area contributed by atoms with Crippen LogP contribution in [0.15, 0.2) is 0 Å². The van der Waals surface area contributed by atoms with E-state index in [1.54, 1.807) is 0 Å². The zero-order chi connectivity index (χ0) is 14.3. The third-order valence-corrected chi connectivity index (χ3v) is 4.09. The van der Waals surface area contributed by atoms with Gasteiger partial charge in [-0.3, -0.25) is 9.69 Å². The van der Waals surface area contributed by atoms with Crippen molar-refractivity contribution >= 4 is 5.91 Å². The van der Waals surface area contributed by atoms with Crippen molar-refractivity contribution < 1.29 is 4.79 Å². The Bertz CT molecular complexity index is 260. The molecule has 1 aliphatic rings. The van der Waals surface area contributed by atoms with Crippen molar-refractivity contribution in [2.45, 2.75) is 46.1 Å². The van der Waals surface area contributed by atoms with Gasteiger partial charge in [-0.15, -0.1) is 0 Å². The summed E-state index contributed by atoms with van der Waals surface area (Å²) in [6.07, 6.45) is 3.46. The minimum atomic E-state index is 0.0164. The van der Waals surface area contributed by atoms with E-state index in [9.17, 15) is 4.79 Å². The first-order valence-electron chi connectivity index (χ1n) is 7.71. The molecule has 0 aromatic carbocycles. The summed E-state index contributed by atoms with van der Waals surface area (Å²) in [5, 5.41) is 6.30. The SMILES string of the molecule is CNCC1CCN(C(C)C(=O)NCCC(C)C)CC1. The van der Waals surface area contributed by atoms with Gasteiger partial charge in [0.25, 0.3) is 0 Å². The highest BCUT2D eigenvalue weighted by atomic mass is 16.2. The molecule has 1 amide bonds. The van der Waals surface area contributed by atoms with E-state index in [0.29, 0.717) is 5.92 Å². The van der Waals surface area contributed by atoms with Crippen molar-refractivity contribution in [1.29, 1.82) is 0 Å². The number of carbonyl (C=O) groups excluding carboxylic acids is 1. The molecule has 1 aliphatic heterocycles. The highest BCUT2D eigenvalue weighted by Gasteiger charge is 2.25. The second-order valence-electron chi connectivity index (χ2n) is 6.19. The van der Waals surface area contributed by atoms with Gasteiger partial charge in [0, 0.05) is 6.54 Å². The van der Waals surface area contributed by atoms with Crippen LogP contribution in [0.1, 0.15) is 40.0 Å². The lowest BCUT2D eigenvalue weighted by Crippen LogP contribution is -2.49. The van der Waals surface area contributed by atoms with E-state index in [1.165, 1.54) is 12.8 Å². The number of rotatable bonds is 7. The average Bonchev–Trinajstić information content (AvgIpc) is 2.38. The van der Waals surface area contributed by atoms with E-state index in [1.807, 2.05) is 14.0 Å². The molecule has 1 heterocycles.